The number of Topliss-reactive ketones (excluding diaryl/α,β-unsaturated/α-hetero) is 1. The zero-order valence-electron chi connectivity index (χ0n) is 14.3. The number of anilines is 1. The molecular formula is C20H23NO3. The van der Waals surface area contributed by atoms with E-state index in [-0.39, 0.29) is 11.7 Å². The van der Waals surface area contributed by atoms with Crippen LogP contribution in [0.15, 0.2) is 48.5 Å². The van der Waals surface area contributed by atoms with Crippen LogP contribution in [-0.2, 0) is 11.2 Å². The molecule has 126 valence electrons. The lowest BCUT2D eigenvalue weighted by Gasteiger charge is -2.17. The second-order valence-electron chi connectivity index (χ2n) is 5.64. The highest BCUT2D eigenvalue weighted by Gasteiger charge is 2.18. The predicted octanol–water partition coefficient (Wildman–Crippen LogP) is 4.25. The van der Waals surface area contributed by atoms with Crippen LogP contribution in [0.2, 0.25) is 0 Å². The summed E-state index contributed by atoms with van der Waals surface area (Å²) in [6.45, 7) is 5.49. The standard InChI is InChI=1S/C20H23NO3/c1-4-15-9-11-18(12-10-15)24-19(5-2)20(23)21-17-8-6-7-16(13-17)14(3)22/h6-13,19H,4-5H2,1-3H3,(H,21,23)/t19-/m1/s1. The molecular weight excluding hydrogens is 302 g/mol. The predicted molar refractivity (Wildman–Crippen MR) is 95.6 cm³/mol. The van der Waals surface area contributed by atoms with Gasteiger partial charge in [0.25, 0.3) is 5.91 Å². The molecule has 0 radical (unpaired) electrons. The minimum atomic E-state index is -0.585. The van der Waals surface area contributed by atoms with Crippen molar-refractivity contribution in [2.24, 2.45) is 0 Å². The molecule has 2 rings (SSSR count). The highest BCUT2D eigenvalue weighted by molar-refractivity contribution is 5.98. The Labute approximate surface area is 142 Å². The summed E-state index contributed by atoms with van der Waals surface area (Å²) in [5, 5.41) is 2.81. The van der Waals surface area contributed by atoms with E-state index in [2.05, 4.69) is 12.2 Å². The second kappa shape index (κ2) is 8.29. The average Bonchev–Trinajstić information content (AvgIpc) is 2.60. The van der Waals surface area contributed by atoms with Gasteiger partial charge in [0.2, 0.25) is 0 Å². The summed E-state index contributed by atoms with van der Waals surface area (Å²) >= 11 is 0. The first-order valence-electron chi connectivity index (χ1n) is 8.21. The highest BCUT2D eigenvalue weighted by Crippen LogP contribution is 2.17. The molecule has 0 spiro atoms. The molecule has 0 unspecified atom stereocenters. The van der Waals surface area contributed by atoms with Crippen molar-refractivity contribution in [3.8, 4) is 5.75 Å². The fourth-order valence-corrected chi connectivity index (χ4v) is 2.33. The van der Waals surface area contributed by atoms with Gasteiger partial charge in [-0.15, -0.1) is 0 Å². The maximum Gasteiger partial charge on any atom is 0.265 e. The summed E-state index contributed by atoms with van der Waals surface area (Å²) < 4.78 is 5.80. The van der Waals surface area contributed by atoms with Gasteiger partial charge in [0.15, 0.2) is 11.9 Å². The summed E-state index contributed by atoms with van der Waals surface area (Å²) in [5.41, 5.74) is 2.38. The molecule has 1 N–H and O–H groups in total. The number of aryl methyl sites for hydroxylation is 1. The molecule has 0 saturated carbocycles. The van der Waals surface area contributed by atoms with Crippen LogP contribution in [0.1, 0.15) is 43.1 Å². The van der Waals surface area contributed by atoms with Crippen molar-refractivity contribution in [1.82, 2.24) is 0 Å². The monoisotopic (exact) mass is 325 g/mol. The fraction of sp³-hybridized carbons (Fsp3) is 0.300. The molecule has 2 aromatic rings. The molecule has 2 aromatic carbocycles. The second-order valence-corrected chi connectivity index (χ2v) is 5.64. The normalized spacial score (nSPS) is 11.6. The third-order valence-corrected chi connectivity index (χ3v) is 3.81. The summed E-state index contributed by atoms with van der Waals surface area (Å²) in [6, 6.07) is 14.7. The number of rotatable bonds is 7. The van der Waals surface area contributed by atoms with Crippen molar-refractivity contribution < 1.29 is 14.3 Å². The zero-order valence-corrected chi connectivity index (χ0v) is 14.3. The smallest absolute Gasteiger partial charge is 0.265 e. The van der Waals surface area contributed by atoms with Crippen molar-refractivity contribution in [3.63, 3.8) is 0 Å². The third-order valence-electron chi connectivity index (χ3n) is 3.81. The number of amides is 1. The van der Waals surface area contributed by atoms with Crippen LogP contribution >= 0.6 is 0 Å². The highest BCUT2D eigenvalue weighted by atomic mass is 16.5. The van der Waals surface area contributed by atoms with Gasteiger partial charge < -0.3 is 10.1 Å². The first-order chi connectivity index (χ1) is 11.5. The molecule has 0 heterocycles. The third kappa shape index (κ3) is 4.69. The number of ether oxygens (including phenoxy) is 1. The SMILES string of the molecule is CCc1ccc(O[C@H](CC)C(=O)Nc2cccc(C(C)=O)c2)cc1. The van der Waals surface area contributed by atoms with Crippen molar-refractivity contribution in [2.75, 3.05) is 5.32 Å². The van der Waals surface area contributed by atoms with Gasteiger partial charge in [-0.25, -0.2) is 0 Å². The molecule has 0 aliphatic heterocycles. The molecule has 4 heteroatoms. The van der Waals surface area contributed by atoms with Gasteiger partial charge in [0.05, 0.1) is 0 Å². The Bertz CT molecular complexity index is 707. The molecule has 0 saturated heterocycles. The van der Waals surface area contributed by atoms with Crippen LogP contribution in [0.3, 0.4) is 0 Å². The van der Waals surface area contributed by atoms with Crippen LogP contribution in [0.4, 0.5) is 5.69 Å². The lowest BCUT2D eigenvalue weighted by Crippen LogP contribution is -2.32. The first kappa shape index (κ1) is 17.7. The zero-order chi connectivity index (χ0) is 17.5. The van der Waals surface area contributed by atoms with E-state index in [1.807, 2.05) is 31.2 Å². The van der Waals surface area contributed by atoms with E-state index in [1.165, 1.54) is 12.5 Å². The number of carbonyl (C=O) groups excluding carboxylic acids is 2. The Morgan fingerprint density at radius 1 is 1.08 bits per heavy atom. The van der Waals surface area contributed by atoms with Crippen molar-refractivity contribution >= 4 is 17.4 Å². The molecule has 24 heavy (non-hydrogen) atoms. The number of ketones is 1. The maximum absolute atomic E-state index is 12.4. The molecule has 1 atom stereocenters. The van der Waals surface area contributed by atoms with Crippen molar-refractivity contribution in [2.45, 2.75) is 39.7 Å². The Balaban J connectivity index is 2.05. The van der Waals surface area contributed by atoms with E-state index in [0.29, 0.717) is 23.4 Å². The average molecular weight is 325 g/mol. The molecule has 0 aromatic heterocycles. The topological polar surface area (TPSA) is 55.4 Å². The van der Waals surface area contributed by atoms with Crippen molar-refractivity contribution in [1.29, 1.82) is 0 Å². The quantitative estimate of drug-likeness (QED) is 0.774. The van der Waals surface area contributed by atoms with E-state index in [0.717, 1.165) is 6.42 Å². The summed E-state index contributed by atoms with van der Waals surface area (Å²) in [7, 11) is 0. The lowest BCUT2D eigenvalue weighted by molar-refractivity contribution is -0.122. The van der Waals surface area contributed by atoms with Crippen LogP contribution in [0.5, 0.6) is 5.75 Å². The van der Waals surface area contributed by atoms with E-state index in [9.17, 15) is 9.59 Å². The van der Waals surface area contributed by atoms with Crippen LogP contribution in [-0.4, -0.2) is 17.8 Å². The van der Waals surface area contributed by atoms with Crippen LogP contribution in [0.25, 0.3) is 0 Å². The van der Waals surface area contributed by atoms with Gasteiger partial charge >= 0.3 is 0 Å². The van der Waals surface area contributed by atoms with Crippen LogP contribution < -0.4 is 10.1 Å². The number of hydrogen-bond acceptors (Lipinski definition) is 3. The number of benzene rings is 2. The molecule has 0 aliphatic rings. The summed E-state index contributed by atoms with van der Waals surface area (Å²) in [5.74, 6) is 0.412. The van der Waals surface area contributed by atoms with Crippen molar-refractivity contribution in [3.05, 3.63) is 59.7 Å². The molecule has 4 nitrogen and oxygen atoms in total. The summed E-state index contributed by atoms with van der Waals surface area (Å²) in [6.07, 6.45) is 0.927. The van der Waals surface area contributed by atoms with Gasteiger partial charge in [0.1, 0.15) is 5.75 Å². The Hall–Kier alpha value is -2.62. The Kier molecular flexibility index (Phi) is 6.13. The minimum absolute atomic E-state index is 0.0367. The molecule has 0 fully saturated rings. The number of carbonyl (C=O) groups is 2. The Morgan fingerprint density at radius 3 is 2.38 bits per heavy atom. The summed E-state index contributed by atoms with van der Waals surface area (Å²) in [4.78, 5) is 23.9. The van der Waals surface area contributed by atoms with Gasteiger partial charge in [-0.3, -0.25) is 9.59 Å². The number of hydrogen-bond donors (Lipinski definition) is 1. The van der Waals surface area contributed by atoms with E-state index < -0.39 is 6.10 Å². The van der Waals surface area contributed by atoms with Crippen LogP contribution in [0, 0.1) is 0 Å². The largest absolute Gasteiger partial charge is 0.481 e. The van der Waals surface area contributed by atoms with E-state index >= 15 is 0 Å². The Morgan fingerprint density at radius 2 is 1.79 bits per heavy atom. The van der Waals surface area contributed by atoms with Gasteiger partial charge in [-0.1, -0.05) is 38.1 Å². The minimum Gasteiger partial charge on any atom is -0.481 e. The first-order valence-corrected chi connectivity index (χ1v) is 8.21. The van der Waals surface area contributed by atoms with Gasteiger partial charge in [0, 0.05) is 11.3 Å². The van der Waals surface area contributed by atoms with E-state index in [1.54, 1.807) is 24.3 Å². The fourth-order valence-electron chi connectivity index (χ4n) is 2.33. The maximum atomic E-state index is 12.4. The molecule has 0 aliphatic carbocycles. The van der Waals surface area contributed by atoms with Gasteiger partial charge in [-0.2, -0.15) is 0 Å². The lowest BCUT2D eigenvalue weighted by atomic mass is 10.1. The number of nitrogens with one attached hydrogen (secondary N) is 1. The molecule has 0 bridgehead atoms. The van der Waals surface area contributed by atoms with E-state index in [4.69, 9.17) is 4.74 Å². The van der Waals surface area contributed by atoms with Gasteiger partial charge in [-0.05, 0) is 49.6 Å². The molecule has 1 amide bonds.